The van der Waals surface area contributed by atoms with Gasteiger partial charge in [0.25, 0.3) is 11.6 Å². The van der Waals surface area contributed by atoms with E-state index in [0.717, 1.165) is 12.1 Å². The molecule has 32 heavy (non-hydrogen) atoms. The second-order valence-electron chi connectivity index (χ2n) is 6.58. The number of rotatable bonds is 4. The minimum Gasteiger partial charge on any atom is -0.457 e. The zero-order valence-corrected chi connectivity index (χ0v) is 16.6. The van der Waals surface area contributed by atoms with Crippen molar-refractivity contribution in [1.29, 1.82) is 0 Å². The lowest BCUT2D eigenvalue weighted by Gasteiger charge is -2.10. The Morgan fingerprint density at radius 1 is 1.09 bits per heavy atom. The van der Waals surface area contributed by atoms with Crippen molar-refractivity contribution in [3.8, 4) is 11.3 Å². The topological polar surface area (TPSA) is 88.9 Å². The van der Waals surface area contributed by atoms with E-state index in [9.17, 15) is 28.1 Å². The predicted molar refractivity (Wildman–Crippen MR) is 111 cm³/mol. The standard InChI is InChI=1S/C21H11ClF3N3O4/c22-17-10-13(28(30)31)6-8-15(17)18-9-7-14(32-18)11-16-19(21(23,24)25)26-27(20(16)29)12-4-2-1-3-5-12/h1-11H. The first-order chi connectivity index (χ1) is 15.1. The van der Waals surface area contributed by atoms with E-state index >= 15 is 0 Å². The van der Waals surface area contributed by atoms with Crippen molar-refractivity contribution in [2.24, 2.45) is 5.10 Å². The molecule has 1 aliphatic heterocycles. The zero-order chi connectivity index (χ0) is 23.0. The molecule has 0 fully saturated rings. The van der Waals surface area contributed by atoms with Gasteiger partial charge in [0.1, 0.15) is 11.5 Å². The lowest BCUT2D eigenvalue weighted by atomic mass is 10.1. The molecule has 3 aromatic rings. The number of amides is 1. The molecule has 0 saturated heterocycles. The summed E-state index contributed by atoms with van der Waals surface area (Å²) in [6.07, 6.45) is -3.93. The Hall–Kier alpha value is -3.92. The number of non-ortho nitro benzene ring substituents is 1. The molecule has 162 valence electrons. The maximum Gasteiger partial charge on any atom is 0.435 e. The van der Waals surface area contributed by atoms with Crippen molar-refractivity contribution in [2.75, 3.05) is 5.01 Å². The van der Waals surface area contributed by atoms with Gasteiger partial charge in [0.2, 0.25) is 0 Å². The maximum absolute atomic E-state index is 13.5. The van der Waals surface area contributed by atoms with Gasteiger partial charge in [0.15, 0.2) is 5.71 Å². The molecule has 1 aliphatic rings. The van der Waals surface area contributed by atoms with Crippen LogP contribution in [0.4, 0.5) is 24.5 Å². The fourth-order valence-electron chi connectivity index (χ4n) is 3.03. The van der Waals surface area contributed by atoms with Crippen LogP contribution in [0.2, 0.25) is 5.02 Å². The van der Waals surface area contributed by atoms with Gasteiger partial charge in [-0.2, -0.15) is 23.3 Å². The van der Waals surface area contributed by atoms with E-state index in [0.29, 0.717) is 10.6 Å². The summed E-state index contributed by atoms with van der Waals surface area (Å²) >= 11 is 6.07. The first-order valence-electron chi connectivity index (χ1n) is 8.96. The van der Waals surface area contributed by atoms with Gasteiger partial charge < -0.3 is 4.42 Å². The summed E-state index contributed by atoms with van der Waals surface area (Å²) in [5.74, 6) is -0.855. The molecule has 0 unspecified atom stereocenters. The molecule has 7 nitrogen and oxygen atoms in total. The largest absolute Gasteiger partial charge is 0.457 e. The van der Waals surface area contributed by atoms with Crippen LogP contribution in [-0.2, 0) is 4.79 Å². The number of nitrogens with zero attached hydrogens (tertiary/aromatic N) is 3. The summed E-state index contributed by atoms with van der Waals surface area (Å²) in [5.41, 5.74) is -1.78. The van der Waals surface area contributed by atoms with Crippen LogP contribution >= 0.6 is 11.6 Å². The van der Waals surface area contributed by atoms with Gasteiger partial charge in [-0.05, 0) is 36.4 Å². The number of hydrogen-bond donors (Lipinski definition) is 0. The zero-order valence-electron chi connectivity index (χ0n) is 15.8. The Kier molecular flexibility index (Phi) is 5.31. The van der Waals surface area contributed by atoms with Crippen LogP contribution in [0.1, 0.15) is 5.76 Å². The van der Waals surface area contributed by atoms with Crippen LogP contribution in [0.25, 0.3) is 17.4 Å². The molecule has 1 amide bonds. The molecule has 0 spiro atoms. The Morgan fingerprint density at radius 2 is 1.81 bits per heavy atom. The number of furan rings is 1. The van der Waals surface area contributed by atoms with Crippen LogP contribution < -0.4 is 5.01 Å². The monoisotopic (exact) mass is 461 g/mol. The summed E-state index contributed by atoms with van der Waals surface area (Å²) in [7, 11) is 0. The molecule has 11 heteroatoms. The van der Waals surface area contributed by atoms with E-state index in [-0.39, 0.29) is 27.9 Å². The number of benzene rings is 2. The van der Waals surface area contributed by atoms with Crippen molar-refractivity contribution >= 4 is 40.7 Å². The van der Waals surface area contributed by atoms with Gasteiger partial charge in [-0.15, -0.1) is 0 Å². The summed E-state index contributed by atoms with van der Waals surface area (Å²) < 4.78 is 46.2. The number of carbonyl (C=O) groups excluding carboxylic acids is 1. The van der Waals surface area contributed by atoms with Gasteiger partial charge in [-0.3, -0.25) is 14.9 Å². The minimum absolute atomic E-state index is 0.0255. The quantitative estimate of drug-likeness (QED) is 0.276. The van der Waals surface area contributed by atoms with Gasteiger partial charge in [-0.1, -0.05) is 29.8 Å². The Balaban J connectivity index is 1.71. The molecule has 0 N–H and O–H groups in total. The second kappa shape index (κ2) is 7.97. The maximum atomic E-state index is 13.5. The molecule has 2 aromatic carbocycles. The number of anilines is 1. The van der Waals surface area contributed by atoms with Gasteiger partial charge in [-0.25, -0.2) is 0 Å². The fourth-order valence-corrected chi connectivity index (χ4v) is 3.30. The van der Waals surface area contributed by atoms with E-state index in [1.54, 1.807) is 18.2 Å². The molecule has 0 bridgehead atoms. The number of halogens is 4. The van der Waals surface area contributed by atoms with Crippen molar-refractivity contribution < 1.29 is 27.3 Å². The smallest absolute Gasteiger partial charge is 0.435 e. The Labute approximate surface area is 183 Å². The molecule has 0 aliphatic carbocycles. The highest BCUT2D eigenvalue weighted by atomic mass is 35.5. The summed E-state index contributed by atoms with van der Waals surface area (Å²) in [6.45, 7) is 0. The van der Waals surface area contributed by atoms with Crippen molar-refractivity contribution in [3.63, 3.8) is 0 Å². The molecule has 0 radical (unpaired) electrons. The third-order valence-corrected chi connectivity index (χ3v) is 4.80. The number of nitro groups is 1. The second-order valence-corrected chi connectivity index (χ2v) is 6.99. The first-order valence-corrected chi connectivity index (χ1v) is 9.34. The van der Waals surface area contributed by atoms with Crippen LogP contribution in [0.15, 0.2) is 75.8 Å². The van der Waals surface area contributed by atoms with E-state index in [2.05, 4.69) is 5.10 Å². The normalized spacial score (nSPS) is 15.4. The third-order valence-electron chi connectivity index (χ3n) is 4.49. The van der Waals surface area contributed by atoms with Gasteiger partial charge in [0, 0.05) is 17.7 Å². The molecular weight excluding hydrogens is 451 g/mol. The third kappa shape index (κ3) is 4.00. The highest BCUT2D eigenvalue weighted by Crippen LogP contribution is 2.35. The van der Waals surface area contributed by atoms with E-state index < -0.39 is 28.3 Å². The number of carbonyl (C=O) groups is 1. The van der Waals surface area contributed by atoms with Crippen molar-refractivity contribution in [1.82, 2.24) is 0 Å². The van der Waals surface area contributed by atoms with Crippen LogP contribution in [0.3, 0.4) is 0 Å². The predicted octanol–water partition coefficient (Wildman–Crippen LogP) is 5.86. The average molecular weight is 462 g/mol. The summed E-state index contributed by atoms with van der Waals surface area (Å²) in [4.78, 5) is 22.9. The summed E-state index contributed by atoms with van der Waals surface area (Å²) in [5, 5.41) is 15.0. The minimum atomic E-state index is -4.87. The number of alkyl halides is 3. The number of hydrazone groups is 1. The lowest BCUT2D eigenvalue weighted by Crippen LogP contribution is -2.25. The van der Waals surface area contributed by atoms with Crippen molar-refractivity contribution in [3.05, 3.63) is 87.1 Å². The van der Waals surface area contributed by atoms with Crippen LogP contribution in [-0.4, -0.2) is 22.7 Å². The highest BCUT2D eigenvalue weighted by molar-refractivity contribution is 6.34. The van der Waals surface area contributed by atoms with Crippen molar-refractivity contribution in [2.45, 2.75) is 6.18 Å². The lowest BCUT2D eigenvalue weighted by molar-refractivity contribution is -0.384. The average Bonchev–Trinajstić information content (AvgIpc) is 3.33. The van der Waals surface area contributed by atoms with E-state index in [1.807, 2.05) is 0 Å². The molecule has 0 saturated carbocycles. The number of nitro benzene ring substituents is 1. The number of para-hydroxylation sites is 1. The van der Waals surface area contributed by atoms with E-state index in [4.69, 9.17) is 16.0 Å². The highest BCUT2D eigenvalue weighted by Gasteiger charge is 2.47. The van der Waals surface area contributed by atoms with E-state index in [1.165, 1.54) is 36.4 Å². The SMILES string of the molecule is O=C1C(=Cc2ccc(-c3ccc([N+](=O)[O-])cc3Cl)o2)C(C(F)(F)F)=NN1c1ccccc1. The molecule has 1 aromatic heterocycles. The summed E-state index contributed by atoms with van der Waals surface area (Å²) in [6, 6.07) is 14.2. The first kappa shape index (κ1) is 21.3. The molecule has 0 atom stereocenters. The fraction of sp³-hybridized carbons (Fsp3) is 0.0476. The van der Waals surface area contributed by atoms with Gasteiger partial charge >= 0.3 is 6.18 Å². The number of hydrogen-bond acceptors (Lipinski definition) is 5. The Bertz CT molecular complexity index is 1280. The molecular formula is C21H11ClF3N3O4. The van der Waals surface area contributed by atoms with Gasteiger partial charge in [0.05, 0.1) is 21.2 Å². The Morgan fingerprint density at radius 3 is 2.44 bits per heavy atom. The van der Waals surface area contributed by atoms with Crippen LogP contribution in [0, 0.1) is 10.1 Å². The molecule has 2 heterocycles. The molecule has 4 rings (SSSR count). The van der Waals surface area contributed by atoms with Crippen LogP contribution in [0.5, 0.6) is 0 Å².